The number of Topliss-reactive ketones (excluding diaryl/α,β-unsaturated/α-hetero) is 1. The number of ketones is 1. The third-order valence-electron chi connectivity index (χ3n) is 2.76. The van der Waals surface area contributed by atoms with E-state index >= 15 is 0 Å². The average Bonchev–Trinajstić information content (AvgIpc) is 2.28. The summed E-state index contributed by atoms with van der Waals surface area (Å²) in [6.45, 7) is 1.55. The minimum absolute atomic E-state index is 0.0639. The van der Waals surface area contributed by atoms with Crippen LogP contribution >= 0.6 is 0 Å². The highest BCUT2D eigenvalue weighted by molar-refractivity contribution is 5.88. The minimum atomic E-state index is -0.0639. The van der Waals surface area contributed by atoms with Gasteiger partial charge in [-0.2, -0.15) is 0 Å². The summed E-state index contributed by atoms with van der Waals surface area (Å²) in [4.78, 5) is 11.8. The maximum absolute atomic E-state index is 11.8. The van der Waals surface area contributed by atoms with E-state index in [4.69, 9.17) is 6.42 Å². The van der Waals surface area contributed by atoms with Crippen LogP contribution < -0.4 is 5.32 Å². The lowest BCUT2D eigenvalue weighted by molar-refractivity contribution is -0.119. The number of terminal acetylenes is 1. The number of fused-ring (bicyclic) bond motifs is 1. The van der Waals surface area contributed by atoms with E-state index in [9.17, 15) is 4.79 Å². The fourth-order valence-electron chi connectivity index (χ4n) is 2.01. The first-order valence-electron chi connectivity index (χ1n) is 5.07. The Morgan fingerprint density at radius 2 is 2.33 bits per heavy atom. The van der Waals surface area contributed by atoms with E-state index in [0.717, 1.165) is 12.1 Å². The second-order valence-corrected chi connectivity index (χ2v) is 3.73. The van der Waals surface area contributed by atoms with E-state index in [1.54, 1.807) is 0 Å². The molecular weight excluding hydrogens is 186 g/mol. The Morgan fingerprint density at radius 3 is 3.13 bits per heavy atom. The second-order valence-electron chi connectivity index (χ2n) is 3.73. The molecule has 1 aliphatic heterocycles. The molecule has 0 aliphatic carbocycles. The van der Waals surface area contributed by atoms with Crippen LogP contribution in [0.25, 0.3) is 0 Å². The summed E-state index contributed by atoms with van der Waals surface area (Å²) in [5.74, 6) is 2.49. The fraction of sp³-hybridized carbons (Fsp3) is 0.308. The summed E-state index contributed by atoms with van der Waals surface area (Å²) >= 11 is 0. The molecule has 2 heteroatoms. The fourth-order valence-corrected chi connectivity index (χ4v) is 2.01. The molecule has 1 aromatic carbocycles. The molecule has 1 unspecified atom stereocenters. The smallest absolute Gasteiger partial charge is 0.153 e. The lowest BCUT2D eigenvalue weighted by Gasteiger charge is -2.24. The quantitative estimate of drug-likeness (QED) is 0.731. The first-order chi connectivity index (χ1) is 7.33. The highest BCUT2D eigenvalue weighted by atomic mass is 16.1. The molecule has 0 fully saturated rings. The van der Waals surface area contributed by atoms with Crippen molar-refractivity contribution in [2.75, 3.05) is 6.54 Å². The average molecular weight is 199 g/mol. The number of hydrogen-bond acceptors (Lipinski definition) is 2. The first kappa shape index (κ1) is 9.95. The van der Waals surface area contributed by atoms with Crippen LogP contribution in [0.5, 0.6) is 0 Å². The van der Waals surface area contributed by atoms with E-state index in [1.807, 2.05) is 18.2 Å². The van der Waals surface area contributed by atoms with E-state index in [-0.39, 0.29) is 18.1 Å². The highest BCUT2D eigenvalue weighted by Crippen LogP contribution is 2.25. The Labute approximate surface area is 89.7 Å². The maximum atomic E-state index is 11.8. The van der Waals surface area contributed by atoms with E-state index in [2.05, 4.69) is 17.3 Å². The predicted octanol–water partition coefficient (Wildman–Crippen LogP) is 1.47. The third kappa shape index (κ3) is 1.93. The molecule has 0 amide bonds. The molecule has 1 N–H and O–H groups in total. The molecule has 0 aromatic heterocycles. The third-order valence-corrected chi connectivity index (χ3v) is 2.76. The van der Waals surface area contributed by atoms with E-state index in [1.165, 1.54) is 5.56 Å². The van der Waals surface area contributed by atoms with Crippen molar-refractivity contribution in [3.8, 4) is 12.3 Å². The number of hydrogen-bond donors (Lipinski definition) is 1. The minimum Gasteiger partial charge on any atom is -0.312 e. The number of nitrogens with one attached hydrogen (secondary N) is 1. The number of carbonyl (C=O) groups is 1. The lowest BCUT2D eigenvalue weighted by atomic mass is 9.87. The van der Waals surface area contributed by atoms with Crippen LogP contribution in [0.15, 0.2) is 24.3 Å². The van der Waals surface area contributed by atoms with E-state index in [0.29, 0.717) is 6.54 Å². The molecule has 1 aliphatic rings. The second kappa shape index (κ2) is 4.29. The van der Waals surface area contributed by atoms with Gasteiger partial charge < -0.3 is 5.32 Å². The maximum Gasteiger partial charge on any atom is 0.153 e. The molecule has 0 saturated heterocycles. The normalized spacial score (nSPS) is 19.0. The van der Waals surface area contributed by atoms with Crippen LogP contribution in [0.4, 0.5) is 0 Å². The van der Waals surface area contributed by atoms with Gasteiger partial charge in [0.25, 0.3) is 0 Å². The van der Waals surface area contributed by atoms with Crippen molar-refractivity contribution in [3.05, 3.63) is 35.4 Å². The van der Waals surface area contributed by atoms with Crippen molar-refractivity contribution >= 4 is 5.78 Å². The van der Waals surface area contributed by atoms with Crippen molar-refractivity contribution in [1.82, 2.24) is 5.32 Å². The summed E-state index contributed by atoms with van der Waals surface area (Å²) in [7, 11) is 0. The van der Waals surface area contributed by atoms with Gasteiger partial charge in [0.05, 0.1) is 12.3 Å². The molecule has 1 heterocycles. The molecule has 1 aromatic rings. The van der Waals surface area contributed by atoms with Gasteiger partial charge in [-0.1, -0.05) is 30.2 Å². The number of benzene rings is 1. The Hall–Kier alpha value is -1.59. The molecular formula is C13H13NO. The van der Waals surface area contributed by atoms with Crippen molar-refractivity contribution in [3.63, 3.8) is 0 Å². The molecule has 0 bridgehead atoms. The van der Waals surface area contributed by atoms with Crippen molar-refractivity contribution in [2.45, 2.75) is 18.9 Å². The van der Waals surface area contributed by atoms with Crippen LogP contribution in [0.1, 0.15) is 23.5 Å². The summed E-state index contributed by atoms with van der Waals surface area (Å²) in [6, 6.07) is 8.04. The topological polar surface area (TPSA) is 29.1 Å². The lowest BCUT2D eigenvalue weighted by Crippen LogP contribution is -2.32. The zero-order chi connectivity index (χ0) is 10.7. The van der Waals surface area contributed by atoms with Crippen molar-refractivity contribution in [2.24, 2.45) is 0 Å². The standard InChI is InChI=1S/C13H13NO/c1-2-5-13(15)12-9-14-8-10-6-3-4-7-11(10)12/h1,3-4,6-7,12,14H,5,8-9H2. The van der Waals surface area contributed by atoms with Gasteiger partial charge in [-0.3, -0.25) is 4.79 Å². The summed E-state index contributed by atoms with van der Waals surface area (Å²) in [5.41, 5.74) is 2.34. The summed E-state index contributed by atoms with van der Waals surface area (Å²) in [6.07, 6.45) is 5.39. The summed E-state index contributed by atoms with van der Waals surface area (Å²) < 4.78 is 0. The van der Waals surface area contributed by atoms with Gasteiger partial charge in [0.1, 0.15) is 0 Å². The molecule has 2 rings (SSSR count). The first-order valence-corrected chi connectivity index (χ1v) is 5.07. The zero-order valence-electron chi connectivity index (χ0n) is 8.49. The summed E-state index contributed by atoms with van der Waals surface area (Å²) in [5, 5.41) is 3.24. The SMILES string of the molecule is C#CCC(=O)C1CNCc2ccccc21. The molecule has 2 nitrogen and oxygen atoms in total. The molecule has 0 saturated carbocycles. The zero-order valence-corrected chi connectivity index (χ0v) is 8.49. The van der Waals surface area contributed by atoms with Crippen molar-refractivity contribution in [1.29, 1.82) is 0 Å². The van der Waals surface area contributed by atoms with Crippen LogP contribution in [0, 0.1) is 12.3 Å². The number of carbonyl (C=O) groups excluding carboxylic acids is 1. The molecule has 76 valence electrons. The van der Waals surface area contributed by atoms with Gasteiger partial charge in [-0.15, -0.1) is 6.42 Å². The Kier molecular flexibility index (Phi) is 2.84. The molecule has 0 radical (unpaired) electrons. The van der Waals surface area contributed by atoms with Gasteiger partial charge >= 0.3 is 0 Å². The van der Waals surface area contributed by atoms with Crippen LogP contribution in [0.3, 0.4) is 0 Å². The van der Waals surface area contributed by atoms with E-state index < -0.39 is 0 Å². The molecule has 1 atom stereocenters. The van der Waals surface area contributed by atoms with Gasteiger partial charge in [0, 0.05) is 13.1 Å². The number of rotatable bonds is 2. The van der Waals surface area contributed by atoms with Crippen molar-refractivity contribution < 1.29 is 4.79 Å². The van der Waals surface area contributed by atoms with Gasteiger partial charge in [-0.25, -0.2) is 0 Å². The predicted molar refractivity (Wildman–Crippen MR) is 59.3 cm³/mol. The monoisotopic (exact) mass is 199 g/mol. The Balaban J connectivity index is 2.30. The highest BCUT2D eigenvalue weighted by Gasteiger charge is 2.24. The van der Waals surface area contributed by atoms with Gasteiger partial charge in [0.2, 0.25) is 0 Å². The van der Waals surface area contributed by atoms with Gasteiger partial charge in [0.15, 0.2) is 5.78 Å². The largest absolute Gasteiger partial charge is 0.312 e. The van der Waals surface area contributed by atoms with Gasteiger partial charge in [-0.05, 0) is 11.1 Å². The Bertz CT molecular complexity index is 417. The Morgan fingerprint density at radius 1 is 1.53 bits per heavy atom. The molecule has 15 heavy (non-hydrogen) atoms. The molecule has 0 spiro atoms. The van der Waals surface area contributed by atoms with Crippen LogP contribution in [-0.4, -0.2) is 12.3 Å². The van der Waals surface area contributed by atoms with Crippen LogP contribution in [-0.2, 0) is 11.3 Å². The van der Waals surface area contributed by atoms with Crippen LogP contribution in [0.2, 0.25) is 0 Å².